The molecule has 0 atom stereocenters. The van der Waals surface area contributed by atoms with E-state index in [1.165, 1.54) is 0 Å². The molecule has 0 saturated carbocycles. The third kappa shape index (κ3) is 3.85. The van der Waals surface area contributed by atoms with Crippen LogP contribution < -0.4 is 0 Å². The lowest BCUT2D eigenvalue weighted by Gasteiger charge is -2.22. The molecule has 4 heteroatoms. The van der Waals surface area contributed by atoms with E-state index in [4.69, 9.17) is 0 Å². The van der Waals surface area contributed by atoms with E-state index in [1.54, 1.807) is 0 Å². The highest BCUT2D eigenvalue weighted by molar-refractivity contribution is 5.97. The fraction of sp³-hybridized carbons (Fsp3) is 0.562. The highest BCUT2D eigenvalue weighted by Gasteiger charge is 2.24. The molecule has 0 aromatic heterocycles. The van der Waals surface area contributed by atoms with Crippen molar-refractivity contribution in [1.82, 2.24) is 4.90 Å². The number of rotatable bonds is 3. The van der Waals surface area contributed by atoms with E-state index in [0.717, 1.165) is 50.6 Å². The standard InChI is InChI=1S/C16H21F2NO/c1-16(2)6-3-8-19(9-7-16)11-15(20)13-10-12(17)4-5-14(13)18/h4-5,10H,3,6-9,11H2,1-2H3. The van der Waals surface area contributed by atoms with Crippen LogP contribution in [0.5, 0.6) is 0 Å². The van der Waals surface area contributed by atoms with E-state index >= 15 is 0 Å². The Labute approximate surface area is 118 Å². The minimum absolute atomic E-state index is 0.145. The molecule has 1 aliphatic rings. The average Bonchev–Trinajstić information content (AvgIpc) is 2.54. The lowest BCUT2D eigenvalue weighted by molar-refractivity contribution is 0.0926. The van der Waals surface area contributed by atoms with Crippen molar-refractivity contribution < 1.29 is 13.6 Å². The number of carbonyl (C=O) groups excluding carboxylic acids is 1. The summed E-state index contributed by atoms with van der Waals surface area (Å²) in [5.41, 5.74) is 0.149. The summed E-state index contributed by atoms with van der Waals surface area (Å²) in [5.74, 6) is -1.57. The molecule has 20 heavy (non-hydrogen) atoms. The van der Waals surface area contributed by atoms with Crippen molar-refractivity contribution in [2.75, 3.05) is 19.6 Å². The predicted molar refractivity (Wildman–Crippen MR) is 74.8 cm³/mol. The third-order valence-electron chi connectivity index (χ3n) is 4.03. The van der Waals surface area contributed by atoms with Crippen LogP contribution in [0.4, 0.5) is 8.78 Å². The number of halogens is 2. The fourth-order valence-corrected chi connectivity index (χ4v) is 2.64. The summed E-state index contributed by atoms with van der Waals surface area (Å²) >= 11 is 0. The molecule has 0 spiro atoms. The lowest BCUT2D eigenvalue weighted by Crippen LogP contribution is -2.31. The first-order valence-electron chi connectivity index (χ1n) is 7.08. The first-order valence-corrected chi connectivity index (χ1v) is 7.08. The summed E-state index contributed by atoms with van der Waals surface area (Å²) in [4.78, 5) is 14.2. The molecule has 1 fully saturated rings. The van der Waals surface area contributed by atoms with Crippen molar-refractivity contribution in [2.45, 2.75) is 33.1 Å². The maximum Gasteiger partial charge on any atom is 0.179 e. The van der Waals surface area contributed by atoms with Crippen LogP contribution in [0.15, 0.2) is 18.2 Å². The molecule has 2 rings (SSSR count). The molecule has 1 aromatic carbocycles. The molecule has 1 heterocycles. The monoisotopic (exact) mass is 281 g/mol. The Balaban J connectivity index is 2.02. The maximum absolute atomic E-state index is 13.6. The number of ketones is 1. The Hall–Kier alpha value is -1.29. The first-order chi connectivity index (χ1) is 9.37. The van der Waals surface area contributed by atoms with Gasteiger partial charge in [0.25, 0.3) is 0 Å². The normalized spacial score (nSPS) is 19.6. The summed E-state index contributed by atoms with van der Waals surface area (Å²) in [6.07, 6.45) is 3.18. The molecule has 0 N–H and O–H groups in total. The van der Waals surface area contributed by atoms with Gasteiger partial charge in [-0.2, -0.15) is 0 Å². The number of benzene rings is 1. The molecular formula is C16H21F2NO. The van der Waals surface area contributed by atoms with Crippen LogP contribution in [-0.2, 0) is 0 Å². The molecule has 1 aromatic rings. The summed E-state index contributed by atoms with van der Waals surface area (Å²) in [6, 6.07) is 3.02. The Bertz CT molecular complexity index is 499. The topological polar surface area (TPSA) is 20.3 Å². The van der Waals surface area contributed by atoms with Crippen molar-refractivity contribution in [1.29, 1.82) is 0 Å². The molecule has 0 amide bonds. The highest BCUT2D eigenvalue weighted by Crippen LogP contribution is 2.29. The molecule has 2 nitrogen and oxygen atoms in total. The van der Waals surface area contributed by atoms with Gasteiger partial charge in [0.2, 0.25) is 0 Å². The Morgan fingerprint density at radius 2 is 2.00 bits per heavy atom. The van der Waals surface area contributed by atoms with Gasteiger partial charge in [0.05, 0.1) is 12.1 Å². The highest BCUT2D eigenvalue weighted by atomic mass is 19.1. The lowest BCUT2D eigenvalue weighted by atomic mass is 9.85. The van der Waals surface area contributed by atoms with Gasteiger partial charge in [-0.1, -0.05) is 13.8 Å². The van der Waals surface area contributed by atoms with Gasteiger partial charge in [-0.15, -0.1) is 0 Å². The van der Waals surface area contributed by atoms with E-state index in [-0.39, 0.29) is 17.9 Å². The van der Waals surface area contributed by atoms with Crippen molar-refractivity contribution in [3.8, 4) is 0 Å². The van der Waals surface area contributed by atoms with Crippen LogP contribution in [-0.4, -0.2) is 30.3 Å². The summed E-state index contributed by atoms with van der Waals surface area (Å²) in [7, 11) is 0. The number of Topliss-reactive ketones (excluding diaryl/α,β-unsaturated/α-hetero) is 1. The zero-order valence-electron chi connectivity index (χ0n) is 12.1. The first kappa shape index (κ1) is 15.1. The van der Waals surface area contributed by atoms with Crippen LogP contribution in [0, 0.1) is 17.0 Å². The van der Waals surface area contributed by atoms with Crippen LogP contribution in [0.1, 0.15) is 43.5 Å². The largest absolute Gasteiger partial charge is 0.296 e. The Kier molecular flexibility index (Phi) is 4.53. The SMILES string of the molecule is CC1(C)CCCN(CC(=O)c2cc(F)ccc2F)CC1. The van der Waals surface area contributed by atoms with E-state index in [9.17, 15) is 13.6 Å². The average molecular weight is 281 g/mol. The number of hydrogen-bond donors (Lipinski definition) is 0. The van der Waals surface area contributed by atoms with Crippen LogP contribution in [0.2, 0.25) is 0 Å². The van der Waals surface area contributed by atoms with Gasteiger partial charge in [-0.05, 0) is 56.0 Å². The molecule has 1 aliphatic heterocycles. The third-order valence-corrected chi connectivity index (χ3v) is 4.03. The Morgan fingerprint density at radius 3 is 2.75 bits per heavy atom. The zero-order valence-corrected chi connectivity index (χ0v) is 12.1. The summed E-state index contributed by atoms with van der Waals surface area (Å²) < 4.78 is 26.7. The second-order valence-corrected chi connectivity index (χ2v) is 6.34. The van der Waals surface area contributed by atoms with Gasteiger partial charge >= 0.3 is 0 Å². The molecular weight excluding hydrogens is 260 g/mol. The second kappa shape index (κ2) is 6.00. The molecule has 0 unspecified atom stereocenters. The second-order valence-electron chi connectivity index (χ2n) is 6.34. The van der Waals surface area contributed by atoms with Gasteiger partial charge in [-0.25, -0.2) is 8.78 Å². The zero-order chi connectivity index (χ0) is 14.8. The number of likely N-dealkylation sites (tertiary alicyclic amines) is 1. The van der Waals surface area contributed by atoms with Crippen molar-refractivity contribution in [3.05, 3.63) is 35.4 Å². The summed E-state index contributed by atoms with van der Waals surface area (Å²) in [6.45, 7) is 6.29. The van der Waals surface area contributed by atoms with E-state index in [2.05, 4.69) is 13.8 Å². The minimum atomic E-state index is -0.647. The quantitative estimate of drug-likeness (QED) is 0.788. The molecule has 0 aliphatic carbocycles. The fourth-order valence-electron chi connectivity index (χ4n) is 2.64. The van der Waals surface area contributed by atoms with E-state index in [0.29, 0.717) is 5.41 Å². The van der Waals surface area contributed by atoms with Crippen molar-refractivity contribution >= 4 is 5.78 Å². The van der Waals surface area contributed by atoms with Crippen molar-refractivity contribution in [3.63, 3.8) is 0 Å². The number of hydrogen-bond acceptors (Lipinski definition) is 2. The summed E-state index contributed by atoms with van der Waals surface area (Å²) in [5, 5.41) is 0. The van der Waals surface area contributed by atoms with E-state index < -0.39 is 11.6 Å². The number of carbonyl (C=O) groups is 1. The van der Waals surface area contributed by atoms with Crippen LogP contribution in [0.25, 0.3) is 0 Å². The molecule has 0 bridgehead atoms. The van der Waals surface area contributed by atoms with Crippen molar-refractivity contribution in [2.24, 2.45) is 5.41 Å². The van der Waals surface area contributed by atoms with Gasteiger partial charge in [0, 0.05) is 0 Å². The minimum Gasteiger partial charge on any atom is -0.296 e. The molecule has 0 radical (unpaired) electrons. The van der Waals surface area contributed by atoms with Gasteiger partial charge in [0.1, 0.15) is 11.6 Å². The van der Waals surface area contributed by atoms with E-state index in [1.807, 2.05) is 4.90 Å². The van der Waals surface area contributed by atoms with Crippen LogP contribution >= 0.6 is 0 Å². The maximum atomic E-state index is 13.6. The predicted octanol–water partition coefficient (Wildman–Crippen LogP) is 3.66. The van der Waals surface area contributed by atoms with Gasteiger partial charge in [0.15, 0.2) is 5.78 Å². The smallest absolute Gasteiger partial charge is 0.179 e. The molecule has 1 saturated heterocycles. The van der Waals surface area contributed by atoms with Crippen LogP contribution in [0.3, 0.4) is 0 Å². The van der Waals surface area contributed by atoms with Gasteiger partial charge in [-0.3, -0.25) is 9.69 Å². The molecule has 110 valence electrons. The Morgan fingerprint density at radius 1 is 1.25 bits per heavy atom. The number of nitrogens with zero attached hydrogens (tertiary/aromatic N) is 1. The van der Waals surface area contributed by atoms with Gasteiger partial charge < -0.3 is 0 Å².